The van der Waals surface area contributed by atoms with Crippen molar-refractivity contribution in [3.63, 3.8) is 0 Å². The van der Waals surface area contributed by atoms with Crippen molar-refractivity contribution in [2.75, 3.05) is 11.9 Å². The standard InChI is InChI=1S/C17H21ClN4O3S/c1-12(2)22-16(9-10-19-22)20-17(23)15-4-3-11-21(15)26(24,25)14-7-5-13(18)6-8-14/h5-10,12,15H,3-4,11H2,1-2H3,(H,20,23)/t15-/m0/s1. The highest BCUT2D eigenvalue weighted by Gasteiger charge is 2.39. The lowest BCUT2D eigenvalue weighted by Crippen LogP contribution is -2.43. The lowest BCUT2D eigenvalue weighted by atomic mass is 10.2. The van der Waals surface area contributed by atoms with Gasteiger partial charge in [-0.15, -0.1) is 0 Å². The Bertz CT molecular complexity index is 893. The van der Waals surface area contributed by atoms with Crippen molar-refractivity contribution in [3.8, 4) is 0 Å². The summed E-state index contributed by atoms with van der Waals surface area (Å²) in [6.45, 7) is 4.22. The third-order valence-corrected chi connectivity index (χ3v) is 6.51. The maximum Gasteiger partial charge on any atom is 0.243 e. The maximum absolute atomic E-state index is 12.9. The van der Waals surface area contributed by atoms with Crippen molar-refractivity contribution < 1.29 is 13.2 Å². The number of anilines is 1. The van der Waals surface area contributed by atoms with Crippen LogP contribution in [0, 0.1) is 0 Å². The van der Waals surface area contributed by atoms with Crippen LogP contribution in [0.15, 0.2) is 41.4 Å². The van der Waals surface area contributed by atoms with Gasteiger partial charge in [0, 0.05) is 23.7 Å². The predicted octanol–water partition coefficient (Wildman–Crippen LogP) is 2.91. The van der Waals surface area contributed by atoms with Crippen molar-refractivity contribution in [3.05, 3.63) is 41.6 Å². The number of aromatic nitrogens is 2. The van der Waals surface area contributed by atoms with Crippen LogP contribution in [0.4, 0.5) is 5.82 Å². The van der Waals surface area contributed by atoms with E-state index in [1.54, 1.807) is 16.9 Å². The minimum Gasteiger partial charge on any atom is -0.309 e. The number of rotatable bonds is 5. The summed E-state index contributed by atoms with van der Waals surface area (Å²) in [6, 6.07) is 7.01. The number of halogens is 1. The number of nitrogens with zero attached hydrogens (tertiary/aromatic N) is 3. The summed E-state index contributed by atoms with van der Waals surface area (Å²) in [5, 5.41) is 7.45. The van der Waals surface area contributed by atoms with Gasteiger partial charge in [-0.3, -0.25) is 4.79 Å². The summed E-state index contributed by atoms with van der Waals surface area (Å²) in [4.78, 5) is 12.9. The second-order valence-electron chi connectivity index (χ2n) is 6.47. The summed E-state index contributed by atoms with van der Waals surface area (Å²) in [7, 11) is -3.76. The van der Waals surface area contributed by atoms with Crippen LogP contribution >= 0.6 is 11.6 Å². The molecule has 1 atom stereocenters. The van der Waals surface area contributed by atoms with E-state index in [0.717, 1.165) is 0 Å². The first-order valence-corrected chi connectivity index (χ1v) is 10.2. The zero-order valence-electron chi connectivity index (χ0n) is 14.6. The second-order valence-corrected chi connectivity index (χ2v) is 8.80. The smallest absolute Gasteiger partial charge is 0.243 e. The highest BCUT2D eigenvalue weighted by atomic mass is 35.5. The molecule has 1 aliphatic rings. The average molecular weight is 397 g/mol. The second kappa shape index (κ2) is 7.38. The van der Waals surface area contributed by atoms with Crippen LogP contribution in [-0.4, -0.2) is 41.0 Å². The Labute approximate surface area is 158 Å². The topological polar surface area (TPSA) is 84.3 Å². The molecule has 0 aliphatic carbocycles. The number of hydrogen-bond acceptors (Lipinski definition) is 4. The first-order chi connectivity index (χ1) is 12.3. The molecule has 7 nitrogen and oxygen atoms in total. The number of carbonyl (C=O) groups is 1. The van der Waals surface area contributed by atoms with Crippen LogP contribution in [0.25, 0.3) is 0 Å². The first kappa shape index (κ1) is 18.9. The van der Waals surface area contributed by atoms with Crippen molar-refractivity contribution in [1.82, 2.24) is 14.1 Å². The molecule has 3 rings (SSSR count). The third kappa shape index (κ3) is 3.62. The molecule has 1 amide bonds. The normalized spacial score (nSPS) is 18.4. The summed E-state index contributed by atoms with van der Waals surface area (Å²) in [6.07, 6.45) is 2.72. The molecule has 0 radical (unpaired) electrons. The molecule has 1 N–H and O–H groups in total. The van der Waals surface area contributed by atoms with Gasteiger partial charge >= 0.3 is 0 Å². The molecule has 1 saturated heterocycles. The van der Waals surface area contributed by atoms with Crippen molar-refractivity contribution in [2.45, 2.75) is 43.7 Å². The number of amides is 1. The summed E-state index contributed by atoms with van der Waals surface area (Å²) >= 11 is 5.84. The van der Waals surface area contributed by atoms with Crippen LogP contribution in [0.2, 0.25) is 5.02 Å². The van der Waals surface area contributed by atoms with E-state index in [1.807, 2.05) is 13.8 Å². The highest BCUT2D eigenvalue weighted by Crippen LogP contribution is 2.28. The van der Waals surface area contributed by atoms with Crippen LogP contribution in [0.5, 0.6) is 0 Å². The van der Waals surface area contributed by atoms with E-state index in [0.29, 0.717) is 30.2 Å². The zero-order chi connectivity index (χ0) is 18.9. The SMILES string of the molecule is CC(C)n1nccc1NC(=O)[C@@H]1CCCN1S(=O)(=O)c1ccc(Cl)cc1. The van der Waals surface area contributed by atoms with Crippen molar-refractivity contribution in [2.24, 2.45) is 0 Å². The molecular weight excluding hydrogens is 376 g/mol. The van der Waals surface area contributed by atoms with E-state index in [9.17, 15) is 13.2 Å². The third-order valence-electron chi connectivity index (χ3n) is 4.34. The van der Waals surface area contributed by atoms with E-state index in [-0.39, 0.29) is 16.8 Å². The van der Waals surface area contributed by atoms with Gasteiger partial charge in [-0.2, -0.15) is 9.40 Å². The summed E-state index contributed by atoms with van der Waals surface area (Å²) in [5.74, 6) is 0.211. The van der Waals surface area contributed by atoms with Gasteiger partial charge in [-0.05, 0) is 51.0 Å². The minimum atomic E-state index is -3.76. The Balaban J connectivity index is 1.82. The van der Waals surface area contributed by atoms with E-state index in [4.69, 9.17) is 11.6 Å². The molecule has 26 heavy (non-hydrogen) atoms. The quantitative estimate of drug-likeness (QED) is 0.842. The van der Waals surface area contributed by atoms with Crippen LogP contribution in [-0.2, 0) is 14.8 Å². The van der Waals surface area contributed by atoms with Gasteiger partial charge in [-0.1, -0.05) is 11.6 Å². The maximum atomic E-state index is 12.9. The molecule has 1 aromatic heterocycles. The molecule has 140 valence electrons. The molecule has 1 fully saturated rings. The Hall–Kier alpha value is -1.90. The van der Waals surface area contributed by atoms with Crippen molar-refractivity contribution in [1.29, 1.82) is 0 Å². The predicted molar refractivity (Wildman–Crippen MR) is 99.6 cm³/mol. The van der Waals surface area contributed by atoms with E-state index in [2.05, 4.69) is 10.4 Å². The van der Waals surface area contributed by atoms with Gasteiger partial charge < -0.3 is 5.32 Å². The first-order valence-electron chi connectivity index (χ1n) is 8.42. The fraction of sp³-hybridized carbons (Fsp3) is 0.412. The fourth-order valence-electron chi connectivity index (χ4n) is 3.07. The van der Waals surface area contributed by atoms with Crippen LogP contribution in [0.1, 0.15) is 32.7 Å². The molecule has 9 heteroatoms. The number of hydrogen-bond donors (Lipinski definition) is 1. The van der Waals surface area contributed by atoms with Gasteiger partial charge in [0.25, 0.3) is 0 Å². The number of carbonyl (C=O) groups excluding carboxylic acids is 1. The molecule has 0 unspecified atom stereocenters. The van der Waals surface area contributed by atoms with Gasteiger partial charge in [-0.25, -0.2) is 13.1 Å². The number of nitrogens with one attached hydrogen (secondary N) is 1. The molecule has 1 aliphatic heterocycles. The largest absolute Gasteiger partial charge is 0.309 e. The minimum absolute atomic E-state index is 0.0813. The zero-order valence-corrected chi connectivity index (χ0v) is 16.2. The fourth-order valence-corrected chi connectivity index (χ4v) is 4.85. The van der Waals surface area contributed by atoms with Gasteiger partial charge in [0.05, 0.1) is 11.1 Å². The van der Waals surface area contributed by atoms with E-state index < -0.39 is 16.1 Å². The highest BCUT2D eigenvalue weighted by molar-refractivity contribution is 7.89. The molecular formula is C17H21ClN4O3S. The molecule has 1 aromatic carbocycles. The van der Waals surface area contributed by atoms with Gasteiger partial charge in [0.1, 0.15) is 11.9 Å². The average Bonchev–Trinajstić information content (AvgIpc) is 3.24. The molecule has 2 aromatic rings. The summed E-state index contributed by atoms with van der Waals surface area (Å²) in [5.41, 5.74) is 0. The Morgan fingerprint density at radius 1 is 1.27 bits per heavy atom. The Kier molecular flexibility index (Phi) is 5.36. The van der Waals surface area contributed by atoms with Crippen LogP contribution in [0.3, 0.4) is 0 Å². The molecule has 0 saturated carbocycles. The Morgan fingerprint density at radius 2 is 1.96 bits per heavy atom. The Morgan fingerprint density at radius 3 is 2.62 bits per heavy atom. The van der Waals surface area contributed by atoms with Crippen LogP contribution < -0.4 is 5.32 Å². The summed E-state index contributed by atoms with van der Waals surface area (Å²) < 4.78 is 28.8. The number of benzene rings is 1. The monoisotopic (exact) mass is 396 g/mol. The number of sulfonamides is 1. The van der Waals surface area contributed by atoms with E-state index in [1.165, 1.54) is 28.6 Å². The van der Waals surface area contributed by atoms with E-state index >= 15 is 0 Å². The molecule has 2 heterocycles. The van der Waals surface area contributed by atoms with Gasteiger partial charge in [0.2, 0.25) is 15.9 Å². The van der Waals surface area contributed by atoms with Gasteiger partial charge in [0.15, 0.2) is 0 Å². The molecule has 0 bridgehead atoms. The lowest BCUT2D eigenvalue weighted by molar-refractivity contribution is -0.119. The lowest BCUT2D eigenvalue weighted by Gasteiger charge is -2.23. The molecule has 0 spiro atoms. The van der Waals surface area contributed by atoms with Crippen molar-refractivity contribution >= 4 is 33.3 Å².